The van der Waals surface area contributed by atoms with E-state index in [1.807, 2.05) is 0 Å². The highest BCUT2D eigenvalue weighted by Gasteiger charge is 2.34. The fraction of sp³-hybridized carbons (Fsp3) is 0.600. The van der Waals surface area contributed by atoms with E-state index in [4.69, 9.17) is 5.73 Å². The Morgan fingerprint density at radius 1 is 1.50 bits per heavy atom. The van der Waals surface area contributed by atoms with Gasteiger partial charge in [0.1, 0.15) is 12.2 Å². The molecular formula is C10H15F3N4O. The molecule has 0 bridgehead atoms. The van der Waals surface area contributed by atoms with Crippen LogP contribution in [-0.2, 0) is 7.05 Å². The summed E-state index contributed by atoms with van der Waals surface area (Å²) < 4.78 is 38.2. The number of aryl methyl sites for hydroxylation is 2. The molecule has 0 radical (unpaired) electrons. The van der Waals surface area contributed by atoms with Crippen LogP contribution in [0.1, 0.15) is 23.1 Å². The van der Waals surface area contributed by atoms with Gasteiger partial charge in [0.25, 0.3) is 5.91 Å². The number of hydrogen-bond acceptors (Lipinski definition) is 3. The van der Waals surface area contributed by atoms with Crippen molar-refractivity contribution in [2.45, 2.75) is 20.0 Å². The maximum absolute atomic E-state index is 12.3. The Morgan fingerprint density at radius 3 is 2.39 bits per heavy atom. The molecule has 0 aliphatic carbocycles. The Labute approximate surface area is 102 Å². The van der Waals surface area contributed by atoms with Crippen LogP contribution in [0.25, 0.3) is 0 Å². The van der Waals surface area contributed by atoms with E-state index in [-0.39, 0.29) is 17.9 Å². The monoisotopic (exact) mass is 264 g/mol. The number of hydrogen-bond donors (Lipinski definition) is 1. The molecule has 1 rings (SSSR count). The van der Waals surface area contributed by atoms with Gasteiger partial charge in [-0.2, -0.15) is 18.3 Å². The average Bonchev–Trinajstić information content (AvgIpc) is 2.48. The molecule has 0 aliphatic rings. The summed E-state index contributed by atoms with van der Waals surface area (Å²) >= 11 is 0. The zero-order chi connectivity index (χ0) is 14.1. The van der Waals surface area contributed by atoms with Crippen LogP contribution >= 0.6 is 0 Å². The van der Waals surface area contributed by atoms with Crippen molar-refractivity contribution >= 4 is 11.6 Å². The van der Waals surface area contributed by atoms with Gasteiger partial charge in [0.2, 0.25) is 0 Å². The molecule has 0 atom stereocenters. The second-order valence-electron chi connectivity index (χ2n) is 3.91. The van der Waals surface area contributed by atoms with Crippen molar-refractivity contribution in [1.29, 1.82) is 0 Å². The van der Waals surface area contributed by atoms with Crippen LogP contribution in [0.5, 0.6) is 0 Å². The number of carbonyl (C=O) groups excluding carboxylic acids is 1. The minimum atomic E-state index is -4.44. The van der Waals surface area contributed by atoms with Gasteiger partial charge >= 0.3 is 6.18 Å². The number of nitrogens with zero attached hydrogens (tertiary/aromatic N) is 3. The molecule has 18 heavy (non-hydrogen) atoms. The fourth-order valence-corrected chi connectivity index (χ4v) is 1.62. The number of amides is 1. The molecule has 102 valence electrons. The lowest BCUT2D eigenvalue weighted by molar-refractivity contribution is -0.140. The Kier molecular flexibility index (Phi) is 3.88. The summed E-state index contributed by atoms with van der Waals surface area (Å²) in [5.74, 6) is -0.768. The first-order valence-corrected chi connectivity index (χ1v) is 5.32. The van der Waals surface area contributed by atoms with Crippen LogP contribution < -0.4 is 5.73 Å². The highest BCUT2D eigenvalue weighted by atomic mass is 19.4. The van der Waals surface area contributed by atoms with Crippen LogP contribution in [0.3, 0.4) is 0 Å². The van der Waals surface area contributed by atoms with Gasteiger partial charge in [-0.1, -0.05) is 0 Å². The number of alkyl halides is 3. The van der Waals surface area contributed by atoms with Crippen molar-refractivity contribution in [3.8, 4) is 0 Å². The fourth-order valence-electron chi connectivity index (χ4n) is 1.62. The van der Waals surface area contributed by atoms with Gasteiger partial charge in [0, 0.05) is 13.6 Å². The first kappa shape index (κ1) is 14.3. The predicted molar refractivity (Wildman–Crippen MR) is 60.0 cm³/mol. The molecule has 1 heterocycles. The van der Waals surface area contributed by atoms with Crippen molar-refractivity contribution in [3.63, 3.8) is 0 Å². The van der Waals surface area contributed by atoms with E-state index in [1.54, 1.807) is 6.92 Å². The van der Waals surface area contributed by atoms with Crippen LogP contribution in [-0.4, -0.2) is 39.9 Å². The molecule has 0 spiro atoms. The summed E-state index contributed by atoms with van der Waals surface area (Å²) in [4.78, 5) is 12.7. The van der Waals surface area contributed by atoms with Gasteiger partial charge in [-0.25, -0.2) is 0 Å². The van der Waals surface area contributed by atoms with Crippen LogP contribution in [0.15, 0.2) is 0 Å². The maximum atomic E-state index is 12.3. The number of nitrogen functional groups attached to an aromatic ring is 1. The van der Waals surface area contributed by atoms with E-state index >= 15 is 0 Å². The molecule has 0 aliphatic heterocycles. The molecule has 1 aromatic heterocycles. The highest BCUT2D eigenvalue weighted by Crippen LogP contribution is 2.21. The Bertz CT molecular complexity index is 453. The van der Waals surface area contributed by atoms with Gasteiger partial charge in [-0.3, -0.25) is 9.48 Å². The van der Waals surface area contributed by atoms with Crippen LogP contribution in [0, 0.1) is 6.92 Å². The zero-order valence-electron chi connectivity index (χ0n) is 10.4. The molecule has 0 unspecified atom stereocenters. The molecule has 0 aromatic carbocycles. The molecule has 0 fully saturated rings. The number of nitrogens with two attached hydrogens (primary N) is 1. The lowest BCUT2D eigenvalue weighted by Crippen LogP contribution is -2.39. The summed E-state index contributed by atoms with van der Waals surface area (Å²) in [6, 6.07) is 0. The van der Waals surface area contributed by atoms with E-state index in [0.29, 0.717) is 10.6 Å². The summed E-state index contributed by atoms with van der Waals surface area (Å²) in [7, 11) is 1.47. The number of halogens is 3. The third-order valence-electron chi connectivity index (χ3n) is 2.51. The lowest BCUT2D eigenvalue weighted by atomic mass is 10.2. The smallest absolute Gasteiger partial charge is 0.395 e. The largest absolute Gasteiger partial charge is 0.406 e. The Hall–Kier alpha value is -1.73. The van der Waals surface area contributed by atoms with Crippen molar-refractivity contribution in [1.82, 2.24) is 14.7 Å². The summed E-state index contributed by atoms with van der Waals surface area (Å²) in [6.45, 7) is 1.71. The van der Waals surface area contributed by atoms with Crippen molar-refractivity contribution in [2.75, 3.05) is 18.8 Å². The number of carbonyl (C=O) groups is 1. The first-order chi connectivity index (χ1) is 8.17. The van der Waals surface area contributed by atoms with E-state index in [1.165, 1.54) is 18.7 Å². The minimum absolute atomic E-state index is 0.0152. The molecule has 0 saturated heterocycles. The first-order valence-electron chi connectivity index (χ1n) is 5.32. The topological polar surface area (TPSA) is 64.2 Å². The van der Waals surface area contributed by atoms with Crippen molar-refractivity contribution in [2.24, 2.45) is 7.05 Å². The summed E-state index contributed by atoms with van der Waals surface area (Å²) in [5, 5.41) is 3.91. The van der Waals surface area contributed by atoms with Gasteiger partial charge in [0.15, 0.2) is 0 Å². The van der Waals surface area contributed by atoms with Crippen molar-refractivity contribution < 1.29 is 18.0 Å². The maximum Gasteiger partial charge on any atom is 0.406 e. The van der Waals surface area contributed by atoms with Crippen LogP contribution in [0.2, 0.25) is 0 Å². The highest BCUT2D eigenvalue weighted by molar-refractivity contribution is 5.98. The Balaban J connectivity index is 3.04. The second-order valence-corrected chi connectivity index (χ2v) is 3.91. The minimum Gasteiger partial charge on any atom is -0.395 e. The Morgan fingerprint density at radius 2 is 2.06 bits per heavy atom. The van der Waals surface area contributed by atoms with Gasteiger partial charge in [0.05, 0.1) is 11.4 Å². The third kappa shape index (κ3) is 2.93. The van der Waals surface area contributed by atoms with E-state index < -0.39 is 18.6 Å². The number of rotatable bonds is 3. The number of aromatic nitrogens is 2. The third-order valence-corrected chi connectivity index (χ3v) is 2.51. The zero-order valence-corrected chi connectivity index (χ0v) is 10.4. The van der Waals surface area contributed by atoms with E-state index in [2.05, 4.69) is 5.10 Å². The number of anilines is 1. The quantitative estimate of drug-likeness (QED) is 0.895. The predicted octanol–water partition coefficient (Wildman–Crippen LogP) is 1.34. The normalized spacial score (nSPS) is 11.7. The summed E-state index contributed by atoms with van der Waals surface area (Å²) in [5.41, 5.74) is 6.17. The average molecular weight is 264 g/mol. The van der Waals surface area contributed by atoms with Crippen LogP contribution in [0.4, 0.5) is 18.9 Å². The van der Waals surface area contributed by atoms with E-state index in [9.17, 15) is 18.0 Å². The SMILES string of the molecule is CCN(CC(F)(F)F)C(=O)c1c(N)c(C)nn1C. The van der Waals surface area contributed by atoms with E-state index in [0.717, 1.165) is 0 Å². The standard InChI is InChI=1S/C10H15F3N4O/c1-4-17(5-10(11,12)13)9(18)8-7(14)6(2)15-16(8)3/h4-5,14H2,1-3H3. The van der Waals surface area contributed by atoms with Gasteiger partial charge < -0.3 is 10.6 Å². The molecule has 8 heteroatoms. The molecule has 1 aromatic rings. The summed E-state index contributed by atoms with van der Waals surface area (Å²) in [6.07, 6.45) is -4.44. The van der Waals surface area contributed by atoms with Crippen molar-refractivity contribution in [3.05, 3.63) is 11.4 Å². The molecular weight excluding hydrogens is 249 g/mol. The molecule has 5 nitrogen and oxygen atoms in total. The van der Waals surface area contributed by atoms with Gasteiger partial charge in [-0.15, -0.1) is 0 Å². The molecule has 1 amide bonds. The molecule has 0 saturated carbocycles. The second kappa shape index (κ2) is 4.87. The lowest BCUT2D eigenvalue weighted by Gasteiger charge is -2.22. The van der Waals surface area contributed by atoms with Gasteiger partial charge in [-0.05, 0) is 13.8 Å². The molecule has 2 N–H and O–H groups in total.